The fraction of sp³-hybridized carbons (Fsp3) is 0.769. The van der Waals surface area contributed by atoms with E-state index in [1.54, 1.807) is 11.2 Å². The molecule has 1 atom stereocenters. The first-order valence-corrected chi connectivity index (χ1v) is 8.59. The van der Waals surface area contributed by atoms with Crippen LogP contribution in [-0.2, 0) is 10.0 Å². The first kappa shape index (κ1) is 15.5. The van der Waals surface area contributed by atoms with E-state index in [2.05, 4.69) is 15.3 Å². The number of rotatable bonds is 5. The highest BCUT2D eigenvalue weighted by atomic mass is 32.2. The van der Waals surface area contributed by atoms with Crippen molar-refractivity contribution in [2.24, 2.45) is 5.92 Å². The fourth-order valence-electron chi connectivity index (χ4n) is 2.58. The summed E-state index contributed by atoms with van der Waals surface area (Å²) in [4.78, 5) is 6.83. The van der Waals surface area contributed by atoms with Gasteiger partial charge in [-0.2, -0.15) is 4.31 Å². The van der Waals surface area contributed by atoms with Crippen molar-refractivity contribution in [3.63, 3.8) is 0 Å². The van der Waals surface area contributed by atoms with Gasteiger partial charge in [0.25, 0.3) is 10.0 Å². The molecular formula is C13H24N4O2S. The van der Waals surface area contributed by atoms with Crippen molar-refractivity contribution in [3.8, 4) is 0 Å². The fourth-order valence-corrected chi connectivity index (χ4v) is 4.25. The van der Waals surface area contributed by atoms with Crippen LogP contribution < -0.4 is 5.32 Å². The third-order valence-corrected chi connectivity index (χ3v) is 5.63. The Bertz CT molecular complexity index is 532. The van der Waals surface area contributed by atoms with E-state index in [1.807, 2.05) is 13.8 Å². The topological polar surface area (TPSA) is 78.1 Å². The molecule has 1 fully saturated rings. The third-order valence-electron chi connectivity index (χ3n) is 3.68. The lowest BCUT2D eigenvalue weighted by molar-refractivity contribution is 0.263. The summed E-state index contributed by atoms with van der Waals surface area (Å²) in [5, 5.41) is 3.52. The molecule has 0 amide bonds. The van der Waals surface area contributed by atoms with Gasteiger partial charge in [0.05, 0.1) is 6.20 Å². The minimum Gasteiger partial charge on any atom is -0.332 e. The van der Waals surface area contributed by atoms with Crippen molar-refractivity contribution in [1.29, 1.82) is 0 Å². The molecule has 1 aromatic heterocycles. The molecule has 1 saturated heterocycles. The molecule has 1 unspecified atom stereocenters. The lowest BCUT2D eigenvalue weighted by atomic mass is 9.99. The summed E-state index contributed by atoms with van der Waals surface area (Å²) in [5.41, 5.74) is 0. The quantitative estimate of drug-likeness (QED) is 0.854. The standard InChI is InChI=1S/C13H24N4O2S/c1-10(2)17(9-12-5-4-6-14-7-12)20(18,19)13-8-15-11(3)16-13/h8,10,12,14H,4-7,9H2,1-3H3,(H,15,16). The normalized spacial score (nSPS) is 20.8. The second-order valence-corrected chi connectivity index (χ2v) is 7.57. The monoisotopic (exact) mass is 300 g/mol. The summed E-state index contributed by atoms with van der Waals surface area (Å²) >= 11 is 0. The van der Waals surface area contributed by atoms with E-state index in [-0.39, 0.29) is 11.1 Å². The second kappa shape index (κ2) is 6.24. The van der Waals surface area contributed by atoms with Gasteiger partial charge in [0, 0.05) is 12.6 Å². The minimum absolute atomic E-state index is 0.0643. The third kappa shape index (κ3) is 3.39. The summed E-state index contributed by atoms with van der Waals surface area (Å²) in [6.45, 7) is 8.06. The number of aryl methyl sites for hydroxylation is 1. The SMILES string of the molecule is Cc1ncc(S(=O)(=O)N(CC2CCCNC2)C(C)C)[nH]1. The Balaban J connectivity index is 2.19. The summed E-state index contributed by atoms with van der Waals surface area (Å²) in [6.07, 6.45) is 3.59. The molecule has 0 radical (unpaired) electrons. The zero-order chi connectivity index (χ0) is 14.8. The predicted octanol–water partition coefficient (Wildman–Crippen LogP) is 1.12. The van der Waals surface area contributed by atoms with E-state index in [4.69, 9.17) is 0 Å². The minimum atomic E-state index is -3.49. The summed E-state index contributed by atoms with van der Waals surface area (Å²) in [7, 11) is -3.49. The predicted molar refractivity (Wildman–Crippen MR) is 77.9 cm³/mol. The average Bonchev–Trinajstić information content (AvgIpc) is 2.84. The summed E-state index contributed by atoms with van der Waals surface area (Å²) in [6, 6.07) is -0.0643. The highest BCUT2D eigenvalue weighted by molar-refractivity contribution is 7.89. The van der Waals surface area contributed by atoms with E-state index in [0.29, 0.717) is 18.3 Å². The van der Waals surface area contributed by atoms with E-state index in [0.717, 1.165) is 25.9 Å². The van der Waals surface area contributed by atoms with Gasteiger partial charge in [0.15, 0.2) is 5.03 Å². The number of nitrogens with one attached hydrogen (secondary N) is 2. The first-order chi connectivity index (χ1) is 9.41. The summed E-state index contributed by atoms with van der Waals surface area (Å²) < 4.78 is 27.0. The molecule has 0 spiro atoms. The number of aromatic amines is 1. The summed E-state index contributed by atoms with van der Waals surface area (Å²) in [5.74, 6) is 0.997. The lowest BCUT2D eigenvalue weighted by Gasteiger charge is -2.31. The average molecular weight is 300 g/mol. The molecule has 2 heterocycles. The number of H-pyrrole nitrogens is 1. The molecule has 0 saturated carbocycles. The maximum atomic E-state index is 12.7. The largest absolute Gasteiger partial charge is 0.332 e. The molecule has 0 aromatic carbocycles. The van der Waals surface area contributed by atoms with Crippen LogP contribution in [0.3, 0.4) is 0 Å². The molecule has 114 valence electrons. The van der Waals surface area contributed by atoms with Gasteiger partial charge in [0.2, 0.25) is 0 Å². The smallest absolute Gasteiger partial charge is 0.260 e. The number of hydrogen-bond acceptors (Lipinski definition) is 4. The van der Waals surface area contributed by atoms with Gasteiger partial charge in [-0.15, -0.1) is 0 Å². The molecule has 2 rings (SSSR count). The molecule has 20 heavy (non-hydrogen) atoms. The number of piperidine rings is 1. The van der Waals surface area contributed by atoms with Crippen molar-refractivity contribution < 1.29 is 8.42 Å². The molecule has 1 aromatic rings. The Labute approximate surface area is 121 Å². The molecular weight excluding hydrogens is 276 g/mol. The van der Waals surface area contributed by atoms with Gasteiger partial charge in [-0.25, -0.2) is 13.4 Å². The Morgan fingerprint density at radius 1 is 1.50 bits per heavy atom. The Morgan fingerprint density at radius 3 is 2.75 bits per heavy atom. The van der Waals surface area contributed by atoms with E-state index >= 15 is 0 Å². The lowest BCUT2D eigenvalue weighted by Crippen LogP contribution is -2.44. The van der Waals surface area contributed by atoms with E-state index < -0.39 is 10.0 Å². The maximum absolute atomic E-state index is 12.7. The van der Waals surface area contributed by atoms with Gasteiger partial charge in [-0.1, -0.05) is 0 Å². The zero-order valence-electron chi connectivity index (χ0n) is 12.4. The van der Waals surface area contributed by atoms with Crippen LogP contribution in [0.1, 0.15) is 32.5 Å². The zero-order valence-corrected chi connectivity index (χ0v) is 13.2. The molecule has 7 heteroatoms. The van der Waals surface area contributed by atoms with E-state index in [9.17, 15) is 8.42 Å². The van der Waals surface area contributed by atoms with Gasteiger partial charge < -0.3 is 10.3 Å². The molecule has 6 nitrogen and oxygen atoms in total. The van der Waals surface area contributed by atoms with Crippen molar-refractivity contribution in [2.75, 3.05) is 19.6 Å². The molecule has 1 aliphatic heterocycles. The number of nitrogens with zero attached hydrogens (tertiary/aromatic N) is 2. The van der Waals surface area contributed by atoms with Crippen LogP contribution in [0.4, 0.5) is 0 Å². The highest BCUT2D eigenvalue weighted by Crippen LogP contribution is 2.21. The van der Waals surface area contributed by atoms with Crippen LogP contribution in [0.25, 0.3) is 0 Å². The van der Waals surface area contributed by atoms with Crippen LogP contribution in [0, 0.1) is 12.8 Å². The highest BCUT2D eigenvalue weighted by Gasteiger charge is 2.31. The van der Waals surface area contributed by atoms with Crippen LogP contribution in [0.15, 0.2) is 11.2 Å². The second-order valence-electron chi connectivity index (χ2n) is 5.71. The van der Waals surface area contributed by atoms with Crippen LogP contribution in [0.2, 0.25) is 0 Å². The van der Waals surface area contributed by atoms with Crippen molar-refractivity contribution >= 4 is 10.0 Å². The number of sulfonamides is 1. The number of hydrogen-bond donors (Lipinski definition) is 2. The van der Waals surface area contributed by atoms with Crippen molar-refractivity contribution in [1.82, 2.24) is 19.6 Å². The van der Waals surface area contributed by atoms with Gasteiger partial charge in [0.1, 0.15) is 5.82 Å². The number of aromatic nitrogens is 2. The van der Waals surface area contributed by atoms with Crippen LogP contribution in [0.5, 0.6) is 0 Å². The Morgan fingerprint density at radius 2 is 2.25 bits per heavy atom. The van der Waals surface area contributed by atoms with Gasteiger partial charge in [-0.3, -0.25) is 0 Å². The van der Waals surface area contributed by atoms with Gasteiger partial charge >= 0.3 is 0 Å². The Kier molecular flexibility index (Phi) is 4.82. The molecule has 2 N–H and O–H groups in total. The molecule has 1 aliphatic rings. The van der Waals surface area contributed by atoms with Crippen LogP contribution >= 0.6 is 0 Å². The molecule has 0 bridgehead atoms. The van der Waals surface area contributed by atoms with Gasteiger partial charge in [-0.05, 0) is 52.6 Å². The van der Waals surface area contributed by atoms with Crippen LogP contribution in [-0.4, -0.2) is 48.4 Å². The number of imidazole rings is 1. The van der Waals surface area contributed by atoms with Crippen molar-refractivity contribution in [2.45, 2.75) is 44.7 Å². The molecule has 0 aliphatic carbocycles. The van der Waals surface area contributed by atoms with Crippen molar-refractivity contribution in [3.05, 3.63) is 12.0 Å². The first-order valence-electron chi connectivity index (χ1n) is 7.15. The van der Waals surface area contributed by atoms with E-state index in [1.165, 1.54) is 6.20 Å². The maximum Gasteiger partial charge on any atom is 0.260 e. The Hall–Kier alpha value is -0.920.